The molecule has 0 radical (unpaired) electrons. The van der Waals surface area contributed by atoms with E-state index in [1.807, 2.05) is 6.08 Å². The first kappa shape index (κ1) is 19.1. The van der Waals surface area contributed by atoms with Crippen molar-refractivity contribution in [2.45, 2.75) is 96.8 Å². The van der Waals surface area contributed by atoms with Crippen molar-refractivity contribution in [2.24, 2.45) is 0 Å². The molecule has 0 atom stereocenters. The molecule has 0 saturated carbocycles. The molecule has 0 fully saturated rings. The molecule has 0 saturated heterocycles. The topological polar surface area (TPSA) is 12.5 Å². The van der Waals surface area contributed by atoms with Gasteiger partial charge in [-0.05, 0) is 18.9 Å². The molecule has 0 spiro atoms. The van der Waals surface area contributed by atoms with Crippen LogP contribution in [0.3, 0.4) is 0 Å². The maximum absolute atomic E-state index is 4.91. The molecule has 0 aromatic heterocycles. The second-order valence-electron chi connectivity index (χ2n) is 6.46. The molecule has 0 unspecified atom stereocenters. The van der Waals surface area contributed by atoms with Gasteiger partial charge in [0.1, 0.15) is 6.26 Å². The highest BCUT2D eigenvalue weighted by Crippen LogP contribution is 2.14. The van der Waals surface area contributed by atoms with E-state index in [-0.39, 0.29) is 0 Å². The van der Waals surface area contributed by atoms with Crippen LogP contribution >= 0.6 is 0 Å². The summed E-state index contributed by atoms with van der Waals surface area (Å²) in [6.45, 7) is 2.29. The van der Waals surface area contributed by atoms with Crippen LogP contribution in [0.4, 0.5) is 0 Å². The van der Waals surface area contributed by atoms with Crippen LogP contribution in [0.1, 0.15) is 96.8 Å². The number of unbranched alkanes of at least 4 members (excludes halogenated alkanes) is 13. The summed E-state index contributed by atoms with van der Waals surface area (Å²) in [7, 11) is 0. The molecule has 0 bridgehead atoms. The Morgan fingerprint density at radius 2 is 1.23 bits per heavy atom. The minimum atomic E-state index is 0.991. The zero-order chi connectivity index (χ0) is 15.7. The van der Waals surface area contributed by atoms with Crippen molar-refractivity contribution in [3.8, 4) is 0 Å². The molecule has 0 aromatic rings. The third-order valence-corrected chi connectivity index (χ3v) is 4.24. The SMILES string of the molecule is CCCCCCCCCCCCCCCC=CC=CC1=CO1. The molecule has 1 heterocycles. The lowest BCUT2D eigenvalue weighted by atomic mass is 10.0. The van der Waals surface area contributed by atoms with E-state index in [0.717, 1.165) is 5.76 Å². The van der Waals surface area contributed by atoms with Crippen molar-refractivity contribution in [2.75, 3.05) is 0 Å². The van der Waals surface area contributed by atoms with E-state index in [4.69, 9.17) is 4.74 Å². The molecule has 126 valence electrons. The summed E-state index contributed by atoms with van der Waals surface area (Å²) < 4.78 is 4.91. The van der Waals surface area contributed by atoms with Gasteiger partial charge in [0.25, 0.3) is 0 Å². The molecule has 22 heavy (non-hydrogen) atoms. The molecule has 1 rings (SSSR count). The van der Waals surface area contributed by atoms with Crippen molar-refractivity contribution in [3.05, 3.63) is 36.3 Å². The second-order valence-corrected chi connectivity index (χ2v) is 6.46. The van der Waals surface area contributed by atoms with E-state index in [1.165, 1.54) is 89.9 Å². The lowest BCUT2D eigenvalue weighted by Crippen LogP contribution is -1.82. The van der Waals surface area contributed by atoms with Gasteiger partial charge in [0, 0.05) is 0 Å². The van der Waals surface area contributed by atoms with Crippen LogP contribution in [0.2, 0.25) is 0 Å². The first-order valence-corrected chi connectivity index (χ1v) is 9.63. The minimum Gasteiger partial charge on any atom is -0.458 e. The van der Waals surface area contributed by atoms with Gasteiger partial charge in [0.05, 0.1) is 0 Å². The summed E-state index contributed by atoms with van der Waals surface area (Å²) in [6.07, 6.45) is 30.0. The van der Waals surface area contributed by atoms with Gasteiger partial charge in [-0.2, -0.15) is 0 Å². The first-order valence-electron chi connectivity index (χ1n) is 9.63. The molecule has 1 heteroatoms. The lowest BCUT2D eigenvalue weighted by Gasteiger charge is -2.02. The van der Waals surface area contributed by atoms with Crippen LogP contribution in [0.15, 0.2) is 36.3 Å². The predicted molar refractivity (Wildman–Crippen MR) is 97.8 cm³/mol. The van der Waals surface area contributed by atoms with Crippen LogP contribution in [-0.2, 0) is 4.74 Å². The summed E-state index contributed by atoms with van der Waals surface area (Å²) in [4.78, 5) is 0. The Kier molecular flexibility index (Phi) is 12.9. The molecule has 0 N–H and O–H groups in total. The zero-order valence-corrected chi connectivity index (χ0v) is 14.7. The molecular weight excluding hydrogens is 268 g/mol. The monoisotopic (exact) mass is 304 g/mol. The third-order valence-electron chi connectivity index (χ3n) is 4.24. The van der Waals surface area contributed by atoms with Crippen LogP contribution in [0.5, 0.6) is 0 Å². The highest BCUT2D eigenvalue weighted by atomic mass is 16.5. The largest absolute Gasteiger partial charge is 0.458 e. The summed E-state index contributed by atoms with van der Waals surface area (Å²) in [5, 5.41) is 0. The summed E-state index contributed by atoms with van der Waals surface area (Å²) in [6, 6.07) is 0. The van der Waals surface area contributed by atoms with Gasteiger partial charge in [-0.15, -0.1) is 0 Å². The van der Waals surface area contributed by atoms with Gasteiger partial charge in [0.2, 0.25) is 0 Å². The number of allylic oxidation sites excluding steroid dienone is 4. The fraction of sp³-hybridized carbons (Fsp3) is 0.714. The number of ether oxygens (including phenoxy) is 1. The molecule has 0 aliphatic carbocycles. The maximum atomic E-state index is 4.91. The second kappa shape index (κ2) is 14.9. The number of rotatable bonds is 16. The smallest absolute Gasteiger partial charge is 0.161 e. The average molecular weight is 305 g/mol. The summed E-state index contributed by atoms with van der Waals surface area (Å²) in [5.74, 6) is 0.991. The fourth-order valence-corrected chi connectivity index (χ4v) is 2.72. The normalized spacial score (nSPS) is 13.8. The van der Waals surface area contributed by atoms with Crippen molar-refractivity contribution >= 4 is 0 Å². The fourth-order valence-electron chi connectivity index (χ4n) is 2.72. The zero-order valence-electron chi connectivity index (χ0n) is 14.7. The van der Waals surface area contributed by atoms with E-state index in [2.05, 4.69) is 25.2 Å². The Hall–Kier alpha value is -0.980. The van der Waals surface area contributed by atoms with Gasteiger partial charge < -0.3 is 4.74 Å². The van der Waals surface area contributed by atoms with Gasteiger partial charge in [-0.1, -0.05) is 102 Å². The van der Waals surface area contributed by atoms with Crippen molar-refractivity contribution in [1.29, 1.82) is 0 Å². The van der Waals surface area contributed by atoms with Gasteiger partial charge in [-0.3, -0.25) is 0 Å². The van der Waals surface area contributed by atoms with E-state index >= 15 is 0 Å². The van der Waals surface area contributed by atoms with E-state index < -0.39 is 0 Å². The average Bonchev–Trinajstić information content (AvgIpc) is 3.34. The molecule has 0 aromatic carbocycles. The highest BCUT2D eigenvalue weighted by molar-refractivity contribution is 5.22. The Labute approximate surface area is 138 Å². The predicted octanol–water partition coefficient (Wildman–Crippen LogP) is 7.45. The molecule has 0 amide bonds. The first-order chi connectivity index (χ1) is 10.9. The lowest BCUT2D eigenvalue weighted by molar-refractivity contribution is 0.516. The van der Waals surface area contributed by atoms with Crippen LogP contribution < -0.4 is 0 Å². The third kappa shape index (κ3) is 14.0. The Bertz CT molecular complexity index is 325. The highest BCUT2D eigenvalue weighted by Gasteiger charge is 2.01. The van der Waals surface area contributed by atoms with Crippen LogP contribution in [-0.4, -0.2) is 0 Å². The standard InChI is InChI=1S/C21H36O/c1-2-3-4-5-6-7-8-9-10-11-12-13-14-15-16-17-18-19-21-20-22-21/h16-20H,2-15H2,1H3. The van der Waals surface area contributed by atoms with Crippen LogP contribution in [0.25, 0.3) is 0 Å². The molecular formula is C21H36O. The van der Waals surface area contributed by atoms with Gasteiger partial charge >= 0.3 is 0 Å². The van der Waals surface area contributed by atoms with E-state index in [0.29, 0.717) is 0 Å². The molecule has 1 nitrogen and oxygen atoms in total. The van der Waals surface area contributed by atoms with Crippen molar-refractivity contribution < 1.29 is 4.74 Å². The van der Waals surface area contributed by atoms with Gasteiger partial charge in [0.15, 0.2) is 5.76 Å². The Morgan fingerprint density at radius 3 is 1.73 bits per heavy atom. The van der Waals surface area contributed by atoms with Gasteiger partial charge in [-0.25, -0.2) is 0 Å². The summed E-state index contributed by atoms with van der Waals surface area (Å²) >= 11 is 0. The molecule has 1 aliphatic heterocycles. The number of hydrogen-bond acceptors (Lipinski definition) is 1. The quantitative estimate of drug-likeness (QED) is 0.213. The number of hydrogen-bond donors (Lipinski definition) is 0. The van der Waals surface area contributed by atoms with E-state index in [1.54, 1.807) is 6.26 Å². The molecule has 1 aliphatic rings. The minimum absolute atomic E-state index is 0.991. The Morgan fingerprint density at radius 1 is 0.727 bits per heavy atom. The van der Waals surface area contributed by atoms with Crippen molar-refractivity contribution in [1.82, 2.24) is 0 Å². The summed E-state index contributed by atoms with van der Waals surface area (Å²) in [5.41, 5.74) is 0. The van der Waals surface area contributed by atoms with Crippen LogP contribution in [0, 0.1) is 0 Å². The maximum Gasteiger partial charge on any atom is 0.161 e. The van der Waals surface area contributed by atoms with E-state index in [9.17, 15) is 0 Å². The van der Waals surface area contributed by atoms with Crippen molar-refractivity contribution in [3.63, 3.8) is 0 Å². The Balaban J connectivity index is 1.68.